The molecule has 0 spiro atoms. The van der Waals surface area contributed by atoms with Gasteiger partial charge >= 0.3 is 0 Å². The van der Waals surface area contributed by atoms with Gasteiger partial charge in [-0.1, -0.05) is 17.7 Å². The number of ether oxygens (including phenoxy) is 3. The number of carbonyl (C=O) groups is 1. The largest absolute Gasteiger partial charge is 0.491 e. The molecule has 2 aromatic rings. The van der Waals surface area contributed by atoms with E-state index in [-0.39, 0.29) is 18.6 Å². The molecule has 5 nitrogen and oxygen atoms in total. The molecule has 0 radical (unpaired) electrons. The van der Waals surface area contributed by atoms with E-state index in [4.69, 9.17) is 25.8 Å². The number of benzene rings is 2. The molecule has 0 bridgehead atoms. The van der Waals surface area contributed by atoms with Crippen LogP contribution in [-0.2, 0) is 9.53 Å². The minimum absolute atomic E-state index is 0.110. The van der Waals surface area contributed by atoms with E-state index in [0.29, 0.717) is 33.3 Å². The van der Waals surface area contributed by atoms with Gasteiger partial charge < -0.3 is 19.5 Å². The van der Waals surface area contributed by atoms with Crippen molar-refractivity contribution in [2.75, 3.05) is 25.1 Å². The standard InChI is InChI=1S/C19H19BrClNO4/c20-17-9-13(21)6-7-18(17)26-12-19(23)22-14-3-1-4-15(10-14)25-11-16-5-2-8-24-16/h1,3-4,6-7,9-10,16H,2,5,8,11-12H2,(H,22,23). The van der Waals surface area contributed by atoms with Gasteiger partial charge in [0.1, 0.15) is 18.1 Å². The van der Waals surface area contributed by atoms with E-state index in [0.717, 1.165) is 19.4 Å². The fourth-order valence-corrected chi connectivity index (χ4v) is 3.36. The first-order valence-corrected chi connectivity index (χ1v) is 9.49. The van der Waals surface area contributed by atoms with Crippen molar-refractivity contribution in [1.29, 1.82) is 0 Å². The van der Waals surface area contributed by atoms with E-state index < -0.39 is 0 Å². The molecule has 1 atom stereocenters. The topological polar surface area (TPSA) is 56.8 Å². The number of halogens is 2. The van der Waals surface area contributed by atoms with Gasteiger partial charge in [-0.15, -0.1) is 0 Å². The molecular weight excluding hydrogens is 422 g/mol. The van der Waals surface area contributed by atoms with Crippen LogP contribution < -0.4 is 14.8 Å². The second kappa shape index (κ2) is 9.26. The van der Waals surface area contributed by atoms with Gasteiger partial charge in [-0.25, -0.2) is 0 Å². The average molecular weight is 441 g/mol. The summed E-state index contributed by atoms with van der Waals surface area (Å²) in [7, 11) is 0. The van der Waals surface area contributed by atoms with Crippen LogP contribution in [0.3, 0.4) is 0 Å². The van der Waals surface area contributed by atoms with Crippen LogP contribution in [0, 0.1) is 0 Å². The zero-order valence-corrected chi connectivity index (χ0v) is 16.4. The maximum Gasteiger partial charge on any atom is 0.262 e. The molecule has 3 rings (SSSR count). The van der Waals surface area contributed by atoms with Gasteiger partial charge in [0.2, 0.25) is 0 Å². The SMILES string of the molecule is O=C(COc1ccc(Cl)cc1Br)Nc1cccc(OCC2CCCO2)c1. The Bertz CT molecular complexity index is 765. The summed E-state index contributed by atoms with van der Waals surface area (Å²) in [5.41, 5.74) is 0.651. The van der Waals surface area contributed by atoms with Crippen LogP contribution in [0.2, 0.25) is 5.02 Å². The summed E-state index contributed by atoms with van der Waals surface area (Å²) < 4.78 is 17.5. The maximum atomic E-state index is 12.1. The second-order valence-corrected chi connectivity index (χ2v) is 7.18. The van der Waals surface area contributed by atoms with E-state index in [1.165, 1.54) is 0 Å². The summed E-state index contributed by atoms with van der Waals surface area (Å²) in [5, 5.41) is 3.39. The molecule has 1 fully saturated rings. The van der Waals surface area contributed by atoms with Gasteiger partial charge in [0.05, 0.1) is 10.6 Å². The highest BCUT2D eigenvalue weighted by atomic mass is 79.9. The molecule has 1 saturated heterocycles. The predicted octanol–water partition coefficient (Wildman–Crippen LogP) is 4.68. The lowest BCUT2D eigenvalue weighted by atomic mass is 10.2. The van der Waals surface area contributed by atoms with Crippen molar-refractivity contribution in [2.24, 2.45) is 0 Å². The molecule has 1 N–H and O–H groups in total. The van der Waals surface area contributed by atoms with E-state index in [1.54, 1.807) is 30.3 Å². The average Bonchev–Trinajstić information content (AvgIpc) is 3.13. The molecular formula is C19H19BrClNO4. The van der Waals surface area contributed by atoms with Gasteiger partial charge in [0, 0.05) is 23.4 Å². The third kappa shape index (κ3) is 5.62. The quantitative estimate of drug-likeness (QED) is 0.679. The Morgan fingerprint density at radius 3 is 2.92 bits per heavy atom. The zero-order valence-electron chi connectivity index (χ0n) is 14.0. The van der Waals surface area contributed by atoms with Crippen LogP contribution in [0.5, 0.6) is 11.5 Å². The second-order valence-electron chi connectivity index (χ2n) is 5.89. The fraction of sp³-hybridized carbons (Fsp3) is 0.316. The molecule has 0 aliphatic carbocycles. The third-order valence-electron chi connectivity index (χ3n) is 3.83. The summed E-state index contributed by atoms with van der Waals surface area (Å²) >= 11 is 9.24. The number of hydrogen-bond acceptors (Lipinski definition) is 4. The van der Waals surface area contributed by atoms with Crippen LogP contribution in [-0.4, -0.2) is 31.8 Å². The van der Waals surface area contributed by atoms with Crippen molar-refractivity contribution < 1.29 is 19.0 Å². The maximum absolute atomic E-state index is 12.1. The smallest absolute Gasteiger partial charge is 0.262 e. The summed E-state index contributed by atoms with van der Waals surface area (Å²) in [6, 6.07) is 12.4. The molecule has 1 heterocycles. The van der Waals surface area contributed by atoms with E-state index in [9.17, 15) is 4.79 Å². The number of carbonyl (C=O) groups excluding carboxylic acids is 1. The molecule has 1 unspecified atom stereocenters. The summed E-state index contributed by atoms with van der Waals surface area (Å²) in [6.45, 7) is 1.21. The normalized spacial score (nSPS) is 16.3. The molecule has 1 aliphatic rings. The van der Waals surface area contributed by atoms with Crippen molar-refractivity contribution in [2.45, 2.75) is 18.9 Å². The molecule has 2 aromatic carbocycles. The Morgan fingerprint density at radius 1 is 1.27 bits per heavy atom. The van der Waals surface area contributed by atoms with Crippen LogP contribution in [0.4, 0.5) is 5.69 Å². The predicted molar refractivity (Wildman–Crippen MR) is 104 cm³/mol. The first-order chi connectivity index (χ1) is 12.6. The lowest BCUT2D eigenvalue weighted by Gasteiger charge is -2.13. The van der Waals surface area contributed by atoms with Gasteiger partial charge in [-0.05, 0) is 59.1 Å². The number of hydrogen-bond donors (Lipinski definition) is 1. The first kappa shape index (κ1) is 19.0. The molecule has 0 aromatic heterocycles. The lowest BCUT2D eigenvalue weighted by molar-refractivity contribution is -0.118. The van der Waals surface area contributed by atoms with Crippen molar-refractivity contribution in [3.63, 3.8) is 0 Å². The van der Waals surface area contributed by atoms with Gasteiger partial charge in [-0.2, -0.15) is 0 Å². The van der Waals surface area contributed by atoms with E-state index >= 15 is 0 Å². The van der Waals surface area contributed by atoms with E-state index in [1.807, 2.05) is 12.1 Å². The highest BCUT2D eigenvalue weighted by Crippen LogP contribution is 2.28. The Balaban J connectivity index is 1.49. The molecule has 138 valence electrons. The molecule has 7 heteroatoms. The van der Waals surface area contributed by atoms with E-state index in [2.05, 4.69) is 21.2 Å². The lowest BCUT2D eigenvalue weighted by Crippen LogP contribution is -2.20. The van der Waals surface area contributed by atoms with Crippen molar-refractivity contribution in [1.82, 2.24) is 0 Å². The molecule has 1 aliphatic heterocycles. The molecule has 0 saturated carbocycles. The third-order valence-corrected chi connectivity index (χ3v) is 4.69. The zero-order chi connectivity index (χ0) is 18.4. The Hall–Kier alpha value is -1.76. The van der Waals surface area contributed by atoms with Crippen molar-refractivity contribution in [3.8, 4) is 11.5 Å². The highest BCUT2D eigenvalue weighted by molar-refractivity contribution is 9.10. The number of amides is 1. The van der Waals surface area contributed by atoms with Crippen molar-refractivity contribution in [3.05, 3.63) is 52.0 Å². The monoisotopic (exact) mass is 439 g/mol. The van der Waals surface area contributed by atoms with Gasteiger partial charge in [0.15, 0.2) is 6.61 Å². The Labute approximate surface area is 165 Å². The van der Waals surface area contributed by atoms with Crippen LogP contribution >= 0.6 is 27.5 Å². The van der Waals surface area contributed by atoms with Gasteiger partial charge in [-0.3, -0.25) is 4.79 Å². The summed E-state index contributed by atoms with van der Waals surface area (Å²) in [4.78, 5) is 12.1. The van der Waals surface area contributed by atoms with Crippen LogP contribution in [0.1, 0.15) is 12.8 Å². The molecule has 26 heavy (non-hydrogen) atoms. The number of nitrogens with one attached hydrogen (secondary N) is 1. The number of anilines is 1. The summed E-state index contributed by atoms with van der Waals surface area (Å²) in [5.74, 6) is 0.987. The highest BCUT2D eigenvalue weighted by Gasteiger charge is 2.16. The first-order valence-electron chi connectivity index (χ1n) is 8.32. The fourth-order valence-electron chi connectivity index (χ4n) is 2.56. The minimum atomic E-state index is -0.261. The van der Waals surface area contributed by atoms with Crippen molar-refractivity contribution >= 4 is 39.1 Å². The molecule has 1 amide bonds. The Kier molecular flexibility index (Phi) is 6.77. The van der Waals surface area contributed by atoms with Crippen LogP contribution in [0.15, 0.2) is 46.9 Å². The van der Waals surface area contributed by atoms with Gasteiger partial charge in [0.25, 0.3) is 5.91 Å². The summed E-state index contributed by atoms with van der Waals surface area (Å²) in [6.07, 6.45) is 2.25. The van der Waals surface area contributed by atoms with Crippen LogP contribution in [0.25, 0.3) is 0 Å². The minimum Gasteiger partial charge on any atom is -0.491 e. The Morgan fingerprint density at radius 2 is 2.15 bits per heavy atom. The number of rotatable bonds is 7.